The molecule has 26 heavy (non-hydrogen) atoms. The molecule has 7 nitrogen and oxygen atoms in total. The summed E-state index contributed by atoms with van der Waals surface area (Å²) in [6, 6.07) is -0.496. The van der Waals surface area contributed by atoms with E-state index >= 15 is 0 Å². The predicted molar refractivity (Wildman–Crippen MR) is 95.6 cm³/mol. The lowest BCUT2D eigenvalue weighted by Gasteiger charge is -2.38. The quantitative estimate of drug-likeness (QED) is 0.889. The number of amides is 1. The number of piperidine rings is 1. The van der Waals surface area contributed by atoms with Crippen LogP contribution >= 0.6 is 0 Å². The molecule has 7 heteroatoms. The third-order valence-electron chi connectivity index (χ3n) is 6.35. The highest BCUT2D eigenvalue weighted by Crippen LogP contribution is 2.41. The highest BCUT2D eigenvalue weighted by molar-refractivity contribution is 5.86. The van der Waals surface area contributed by atoms with Crippen LogP contribution in [-0.4, -0.2) is 57.0 Å². The van der Waals surface area contributed by atoms with Crippen molar-refractivity contribution in [1.82, 2.24) is 14.9 Å². The number of carboxylic acid groups (broad SMARTS) is 1. The number of rotatable bonds is 3. The van der Waals surface area contributed by atoms with E-state index in [0.29, 0.717) is 12.3 Å². The van der Waals surface area contributed by atoms with E-state index in [1.165, 1.54) is 0 Å². The lowest BCUT2D eigenvalue weighted by Crippen LogP contribution is -2.50. The molecular formula is C19H26N4O3. The fraction of sp³-hybridized carbons (Fsp3) is 0.684. The van der Waals surface area contributed by atoms with Gasteiger partial charge < -0.3 is 14.9 Å². The lowest BCUT2D eigenvalue weighted by atomic mass is 9.84. The van der Waals surface area contributed by atoms with Crippen LogP contribution in [-0.2, 0) is 9.59 Å². The van der Waals surface area contributed by atoms with Gasteiger partial charge in [0.25, 0.3) is 0 Å². The van der Waals surface area contributed by atoms with Gasteiger partial charge in [-0.1, -0.05) is 12.8 Å². The van der Waals surface area contributed by atoms with Crippen LogP contribution in [0.1, 0.15) is 44.9 Å². The molecule has 0 spiro atoms. The van der Waals surface area contributed by atoms with Crippen molar-refractivity contribution in [1.29, 1.82) is 0 Å². The van der Waals surface area contributed by atoms with E-state index in [-0.39, 0.29) is 17.9 Å². The minimum atomic E-state index is -0.843. The highest BCUT2D eigenvalue weighted by Gasteiger charge is 2.48. The number of carboxylic acids is 1. The van der Waals surface area contributed by atoms with Crippen LogP contribution < -0.4 is 4.90 Å². The molecule has 1 N–H and O–H groups in total. The molecule has 0 aromatic carbocycles. The zero-order valence-corrected chi connectivity index (χ0v) is 15.0. The maximum atomic E-state index is 13.2. The Hall–Kier alpha value is -2.18. The van der Waals surface area contributed by atoms with Gasteiger partial charge in [-0.25, -0.2) is 9.78 Å². The average Bonchev–Trinajstić information content (AvgIpc) is 3.08. The maximum absolute atomic E-state index is 13.2. The van der Waals surface area contributed by atoms with Crippen molar-refractivity contribution < 1.29 is 14.7 Å². The predicted octanol–water partition coefficient (Wildman–Crippen LogP) is 1.94. The van der Waals surface area contributed by atoms with E-state index < -0.39 is 12.0 Å². The van der Waals surface area contributed by atoms with Crippen molar-refractivity contribution in [3.63, 3.8) is 0 Å². The van der Waals surface area contributed by atoms with Gasteiger partial charge in [0.05, 0.1) is 6.20 Å². The number of carbonyl (C=O) groups is 2. The molecule has 140 valence electrons. The SMILES string of the molecule is O=C(O)[C@@H]1C[C@H]2CCCC[C@@H]2N1C(=O)C1CCN(c2cnccn2)CC1. The lowest BCUT2D eigenvalue weighted by molar-refractivity contribution is -0.152. The number of fused-ring (bicyclic) bond motifs is 1. The first-order chi connectivity index (χ1) is 12.6. The summed E-state index contributed by atoms with van der Waals surface area (Å²) in [5.74, 6) is 0.351. The minimum Gasteiger partial charge on any atom is -0.480 e. The van der Waals surface area contributed by atoms with Crippen molar-refractivity contribution in [2.45, 2.75) is 57.0 Å². The number of hydrogen-bond acceptors (Lipinski definition) is 5. The third kappa shape index (κ3) is 3.15. The van der Waals surface area contributed by atoms with Crippen LogP contribution in [0.25, 0.3) is 0 Å². The molecule has 0 radical (unpaired) electrons. The Morgan fingerprint density at radius 1 is 1.08 bits per heavy atom. The second-order valence-corrected chi connectivity index (χ2v) is 7.77. The summed E-state index contributed by atoms with van der Waals surface area (Å²) in [6.07, 6.45) is 11.5. The fourth-order valence-corrected chi connectivity index (χ4v) is 5.02. The van der Waals surface area contributed by atoms with E-state index in [1.54, 1.807) is 23.5 Å². The highest BCUT2D eigenvalue weighted by atomic mass is 16.4. The second-order valence-electron chi connectivity index (χ2n) is 7.77. The van der Waals surface area contributed by atoms with Crippen LogP contribution in [0.3, 0.4) is 0 Å². The Morgan fingerprint density at radius 2 is 1.85 bits per heavy atom. The number of hydrogen-bond donors (Lipinski definition) is 1. The number of nitrogens with zero attached hydrogens (tertiary/aromatic N) is 4. The van der Waals surface area contributed by atoms with Crippen LogP contribution in [0.15, 0.2) is 18.6 Å². The monoisotopic (exact) mass is 358 g/mol. The van der Waals surface area contributed by atoms with Crippen molar-refractivity contribution in [2.75, 3.05) is 18.0 Å². The second kappa shape index (κ2) is 7.21. The molecule has 1 saturated carbocycles. The van der Waals surface area contributed by atoms with Crippen molar-refractivity contribution in [2.24, 2.45) is 11.8 Å². The van der Waals surface area contributed by atoms with Crippen LogP contribution in [0.5, 0.6) is 0 Å². The summed E-state index contributed by atoms with van der Waals surface area (Å²) in [5, 5.41) is 9.65. The Morgan fingerprint density at radius 3 is 2.54 bits per heavy atom. The van der Waals surface area contributed by atoms with Gasteiger partial charge in [0.2, 0.25) is 5.91 Å². The molecule has 3 heterocycles. The first kappa shape index (κ1) is 17.2. The van der Waals surface area contributed by atoms with E-state index in [9.17, 15) is 14.7 Å². The maximum Gasteiger partial charge on any atom is 0.326 e. The standard InChI is InChI=1S/C19H26N4O3/c24-18(13-5-9-22(10-6-13)17-12-20-7-8-21-17)23-15-4-2-1-3-14(15)11-16(23)19(25)26/h7-8,12-16H,1-6,9-11H2,(H,25,26)/t14-,15+,16+/m1/s1. The van der Waals surface area contributed by atoms with Gasteiger partial charge in [0, 0.05) is 37.4 Å². The van der Waals surface area contributed by atoms with Crippen molar-refractivity contribution in [3.05, 3.63) is 18.6 Å². The van der Waals surface area contributed by atoms with Gasteiger partial charge in [-0.05, 0) is 38.0 Å². The topological polar surface area (TPSA) is 86.6 Å². The van der Waals surface area contributed by atoms with E-state index in [0.717, 1.165) is 57.4 Å². The smallest absolute Gasteiger partial charge is 0.326 e. The molecule has 4 rings (SSSR count). The molecule has 0 unspecified atom stereocenters. The Bertz CT molecular complexity index is 660. The van der Waals surface area contributed by atoms with E-state index in [1.807, 2.05) is 0 Å². The van der Waals surface area contributed by atoms with Crippen LogP contribution in [0, 0.1) is 11.8 Å². The minimum absolute atomic E-state index is 0.0607. The number of anilines is 1. The summed E-state index contributed by atoms with van der Waals surface area (Å²) < 4.78 is 0. The van der Waals surface area contributed by atoms with Crippen molar-refractivity contribution in [3.8, 4) is 0 Å². The van der Waals surface area contributed by atoms with Gasteiger partial charge in [-0.3, -0.25) is 9.78 Å². The summed E-state index contributed by atoms with van der Waals surface area (Å²) in [6.45, 7) is 1.52. The molecule has 1 amide bonds. The summed E-state index contributed by atoms with van der Waals surface area (Å²) in [5.41, 5.74) is 0. The molecule has 0 bridgehead atoms. The molecule has 3 fully saturated rings. The molecule has 1 aromatic rings. The fourth-order valence-electron chi connectivity index (χ4n) is 5.02. The number of carbonyl (C=O) groups excluding carboxylic acids is 1. The molecule has 3 aliphatic rings. The van der Waals surface area contributed by atoms with Gasteiger partial charge >= 0.3 is 5.97 Å². The average molecular weight is 358 g/mol. The number of likely N-dealkylation sites (tertiary alicyclic amines) is 1. The van der Waals surface area contributed by atoms with Gasteiger partial charge in [0.15, 0.2) is 0 Å². The van der Waals surface area contributed by atoms with Crippen LogP contribution in [0.2, 0.25) is 0 Å². The first-order valence-electron chi connectivity index (χ1n) is 9.71. The largest absolute Gasteiger partial charge is 0.480 e. The molecule has 1 aliphatic carbocycles. The zero-order valence-electron chi connectivity index (χ0n) is 15.0. The Balaban J connectivity index is 1.44. The van der Waals surface area contributed by atoms with E-state index in [4.69, 9.17) is 0 Å². The number of aromatic nitrogens is 2. The summed E-state index contributed by atoms with van der Waals surface area (Å²) in [7, 11) is 0. The van der Waals surface area contributed by atoms with Crippen LogP contribution in [0.4, 0.5) is 5.82 Å². The molecule has 2 aliphatic heterocycles. The van der Waals surface area contributed by atoms with Gasteiger partial charge in [-0.15, -0.1) is 0 Å². The summed E-state index contributed by atoms with van der Waals surface area (Å²) >= 11 is 0. The zero-order chi connectivity index (χ0) is 18.1. The van der Waals surface area contributed by atoms with E-state index in [2.05, 4.69) is 14.9 Å². The normalized spacial score (nSPS) is 29.5. The summed E-state index contributed by atoms with van der Waals surface area (Å²) in [4.78, 5) is 37.3. The molecular weight excluding hydrogens is 332 g/mol. The Labute approximate surface area is 153 Å². The first-order valence-corrected chi connectivity index (χ1v) is 9.71. The molecule has 2 saturated heterocycles. The van der Waals surface area contributed by atoms with Gasteiger partial charge in [0.1, 0.15) is 11.9 Å². The Kier molecular flexibility index (Phi) is 4.78. The number of aliphatic carboxylic acids is 1. The third-order valence-corrected chi connectivity index (χ3v) is 6.35. The molecule has 1 aromatic heterocycles. The molecule has 3 atom stereocenters. The van der Waals surface area contributed by atoms with Crippen molar-refractivity contribution >= 4 is 17.7 Å². The van der Waals surface area contributed by atoms with Gasteiger partial charge in [-0.2, -0.15) is 0 Å².